The van der Waals surface area contributed by atoms with Crippen LogP contribution >= 0.6 is 11.3 Å². The molecule has 0 aliphatic carbocycles. The molecule has 1 aromatic heterocycles. The van der Waals surface area contributed by atoms with E-state index in [0.29, 0.717) is 16.6 Å². The van der Waals surface area contributed by atoms with Crippen molar-refractivity contribution in [3.05, 3.63) is 35.3 Å². The highest BCUT2D eigenvalue weighted by Crippen LogP contribution is 2.25. The Balaban J connectivity index is 2.09. The molecule has 0 aliphatic rings. The summed E-state index contributed by atoms with van der Waals surface area (Å²) < 4.78 is 10.0. The minimum absolute atomic E-state index is 0.348. The molecular weight excluding hydrogens is 264 g/mol. The first-order valence-electron chi connectivity index (χ1n) is 5.77. The van der Waals surface area contributed by atoms with E-state index < -0.39 is 0 Å². The zero-order valence-corrected chi connectivity index (χ0v) is 11.5. The molecule has 19 heavy (non-hydrogen) atoms. The van der Waals surface area contributed by atoms with Gasteiger partial charge in [0, 0.05) is 11.8 Å². The van der Waals surface area contributed by atoms with Gasteiger partial charge in [0.05, 0.1) is 19.9 Å². The second-order valence-corrected chi connectivity index (χ2v) is 4.64. The Kier molecular flexibility index (Phi) is 4.35. The summed E-state index contributed by atoms with van der Waals surface area (Å²) in [4.78, 5) is 16.1. The van der Waals surface area contributed by atoms with Gasteiger partial charge in [-0.2, -0.15) is 0 Å². The van der Waals surface area contributed by atoms with Gasteiger partial charge < -0.3 is 14.8 Å². The van der Waals surface area contributed by atoms with Gasteiger partial charge in [-0.3, -0.25) is 0 Å². The van der Waals surface area contributed by atoms with Crippen molar-refractivity contribution in [1.82, 2.24) is 4.98 Å². The number of nitrogens with zero attached hydrogens (tertiary/aromatic N) is 1. The van der Waals surface area contributed by atoms with E-state index in [9.17, 15) is 4.79 Å². The van der Waals surface area contributed by atoms with Crippen molar-refractivity contribution in [3.63, 3.8) is 0 Å². The van der Waals surface area contributed by atoms with Crippen LogP contribution in [-0.4, -0.2) is 24.7 Å². The second kappa shape index (κ2) is 6.19. The maximum Gasteiger partial charge on any atom is 0.350 e. The Morgan fingerprint density at radius 3 is 3.05 bits per heavy atom. The quantitative estimate of drug-likeness (QED) is 0.852. The van der Waals surface area contributed by atoms with E-state index in [-0.39, 0.29) is 5.97 Å². The van der Waals surface area contributed by atoms with Crippen LogP contribution in [0.4, 0.5) is 10.8 Å². The monoisotopic (exact) mass is 278 g/mol. The molecule has 1 heterocycles. The minimum atomic E-state index is -0.348. The van der Waals surface area contributed by atoms with E-state index in [0.717, 1.165) is 11.4 Å². The molecule has 0 bridgehead atoms. The predicted molar refractivity (Wildman–Crippen MR) is 74.3 cm³/mol. The molecule has 0 aliphatic heterocycles. The number of aromatic nitrogens is 1. The third kappa shape index (κ3) is 3.45. The summed E-state index contributed by atoms with van der Waals surface area (Å²) in [5.41, 5.74) is 0.851. The number of thiazole rings is 1. The number of esters is 1. The van der Waals surface area contributed by atoms with Gasteiger partial charge in [-0.25, -0.2) is 9.78 Å². The van der Waals surface area contributed by atoms with Crippen LogP contribution in [0.2, 0.25) is 0 Å². The number of rotatable bonds is 5. The molecule has 100 valence electrons. The van der Waals surface area contributed by atoms with Crippen molar-refractivity contribution in [2.45, 2.75) is 6.92 Å². The highest BCUT2D eigenvalue weighted by molar-refractivity contribution is 7.17. The van der Waals surface area contributed by atoms with Crippen molar-refractivity contribution in [2.24, 2.45) is 0 Å². The van der Waals surface area contributed by atoms with Gasteiger partial charge in [-0.15, -0.1) is 0 Å². The van der Waals surface area contributed by atoms with Gasteiger partial charge in [-0.1, -0.05) is 17.4 Å². The molecule has 2 rings (SSSR count). The van der Waals surface area contributed by atoms with Gasteiger partial charge in [0.2, 0.25) is 0 Å². The first-order chi connectivity index (χ1) is 9.22. The lowest BCUT2D eigenvalue weighted by molar-refractivity contribution is 0.0532. The summed E-state index contributed by atoms with van der Waals surface area (Å²) in [5, 5.41) is 3.75. The number of hydrogen-bond donors (Lipinski definition) is 1. The number of ether oxygens (including phenoxy) is 2. The van der Waals surface area contributed by atoms with Crippen molar-refractivity contribution in [3.8, 4) is 5.75 Å². The molecule has 6 heteroatoms. The Labute approximate surface area is 115 Å². The molecule has 0 atom stereocenters. The fourth-order valence-electron chi connectivity index (χ4n) is 1.45. The smallest absolute Gasteiger partial charge is 0.350 e. The van der Waals surface area contributed by atoms with E-state index in [1.54, 1.807) is 14.0 Å². The van der Waals surface area contributed by atoms with Gasteiger partial charge >= 0.3 is 5.97 Å². The SMILES string of the molecule is CCOC(=O)c1cnc(Nc2cccc(OC)c2)s1. The van der Waals surface area contributed by atoms with Crippen LogP contribution < -0.4 is 10.1 Å². The molecule has 1 N–H and O–H groups in total. The lowest BCUT2D eigenvalue weighted by Gasteiger charge is -2.04. The summed E-state index contributed by atoms with van der Waals surface area (Å²) in [6.45, 7) is 2.13. The minimum Gasteiger partial charge on any atom is -0.497 e. The van der Waals surface area contributed by atoms with Gasteiger partial charge in [0.1, 0.15) is 10.6 Å². The van der Waals surface area contributed by atoms with Crippen molar-refractivity contribution < 1.29 is 14.3 Å². The molecule has 0 amide bonds. The van der Waals surface area contributed by atoms with E-state index >= 15 is 0 Å². The molecule has 0 fully saturated rings. The molecule has 0 saturated heterocycles. The fourth-order valence-corrected chi connectivity index (χ4v) is 2.18. The number of anilines is 2. The Bertz CT molecular complexity index is 569. The fraction of sp³-hybridized carbons (Fsp3) is 0.231. The average Bonchev–Trinajstić information content (AvgIpc) is 2.88. The normalized spacial score (nSPS) is 10.0. The third-order valence-electron chi connectivity index (χ3n) is 2.30. The van der Waals surface area contributed by atoms with Crippen LogP contribution in [0.5, 0.6) is 5.75 Å². The largest absolute Gasteiger partial charge is 0.497 e. The average molecular weight is 278 g/mol. The molecule has 0 radical (unpaired) electrons. The molecule has 0 saturated carbocycles. The van der Waals surface area contributed by atoms with E-state index in [4.69, 9.17) is 9.47 Å². The molecule has 2 aromatic rings. The molecule has 5 nitrogen and oxygen atoms in total. The van der Waals surface area contributed by atoms with Crippen LogP contribution in [-0.2, 0) is 4.74 Å². The Hall–Kier alpha value is -2.08. The zero-order chi connectivity index (χ0) is 13.7. The van der Waals surface area contributed by atoms with Gasteiger partial charge in [0.15, 0.2) is 5.13 Å². The first-order valence-corrected chi connectivity index (χ1v) is 6.58. The Morgan fingerprint density at radius 1 is 1.47 bits per heavy atom. The van der Waals surface area contributed by atoms with Crippen LogP contribution in [0.15, 0.2) is 30.5 Å². The van der Waals surface area contributed by atoms with Gasteiger partial charge in [0.25, 0.3) is 0 Å². The zero-order valence-electron chi connectivity index (χ0n) is 10.7. The summed E-state index contributed by atoms with van der Waals surface area (Å²) in [7, 11) is 1.61. The highest BCUT2D eigenvalue weighted by Gasteiger charge is 2.11. The number of carbonyl (C=O) groups excluding carboxylic acids is 1. The molecule has 1 aromatic carbocycles. The number of carbonyl (C=O) groups is 1. The van der Waals surface area contributed by atoms with Crippen LogP contribution in [0.3, 0.4) is 0 Å². The summed E-state index contributed by atoms with van der Waals surface area (Å²) in [6, 6.07) is 7.48. The number of benzene rings is 1. The topological polar surface area (TPSA) is 60.5 Å². The Morgan fingerprint density at radius 2 is 2.32 bits per heavy atom. The number of hydrogen-bond acceptors (Lipinski definition) is 6. The van der Waals surface area contributed by atoms with E-state index in [2.05, 4.69) is 10.3 Å². The number of methoxy groups -OCH3 is 1. The van der Waals surface area contributed by atoms with Crippen LogP contribution in [0.25, 0.3) is 0 Å². The molecule has 0 unspecified atom stereocenters. The second-order valence-electron chi connectivity index (χ2n) is 3.61. The maximum atomic E-state index is 11.5. The third-order valence-corrected chi connectivity index (χ3v) is 3.20. The summed E-state index contributed by atoms with van der Waals surface area (Å²) in [6.07, 6.45) is 1.51. The van der Waals surface area contributed by atoms with Crippen molar-refractivity contribution in [2.75, 3.05) is 19.0 Å². The number of nitrogens with one attached hydrogen (secondary N) is 1. The van der Waals surface area contributed by atoms with E-state index in [1.165, 1.54) is 17.5 Å². The van der Waals surface area contributed by atoms with Crippen LogP contribution in [0.1, 0.15) is 16.6 Å². The molecular formula is C13H14N2O3S. The summed E-state index contributed by atoms with van der Waals surface area (Å²) in [5.74, 6) is 0.408. The molecule has 0 spiro atoms. The predicted octanol–water partition coefficient (Wildman–Crippen LogP) is 3.07. The van der Waals surface area contributed by atoms with Crippen molar-refractivity contribution in [1.29, 1.82) is 0 Å². The lowest BCUT2D eigenvalue weighted by Crippen LogP contribution is -2.01. The summed E-state index contributed by atoms with van der Waals surface area (Å²) >= 11 is 1.25. The standard InChI is InChI=1S/C13H14N2O3S/c1-3-18-12(16)11-8-14-13(19-11)15-9-5-4-6-10(7-9)17-2/h4-8H,3H2,1-2H3,(H,14,15). The van der Waals surface area contributed by atoms with E-state index in [1.807, 2.05) is 24.3 Å². The maximum absolute atomic E-state index is 11.5. The highest BCUT2D eigenvalue weighted by atomic mass is 32.1. The first kappa shape index (κ1) is 13.4. The van der Waals surface area contributed by atoms with Crippen molar-refractivity contribution >= 4 is 28.1 Å². The van der Waals surface area contributed by atoms with Gasteiger partial charge in [-0.05, 0) is 19.1 Å². The van der Waals surface area contributed by atoms with Crippen LogP contribution in [0, 0.1) is 0 Å². The lowest BCUT2D eigenvalue weighted by atomic mass is 10.3.